The number of aromatic nitrogens is 4. The predicted octanol–water partition coefficient (Wildman–Crippen LogP) is 1.20. The number of amides is 1. The second-order valence-electron chi connectivity index (χ2n) is 10.6. The van der Waals surface area contributed by atoms with Crippen LogP contribution in [0.5, 0.6) is 0 Å². The summed E-state index contributed by atoms with van der Waals surface area (Å²) in [5, 5.41) is 6.76. The van der Waals surface area contributed by atoms with E-state index < -0.39 is 0 Å². The van der Waals surface area contributed by atoms with E-state index in [1.165, 1.54) is 0 Å². The number of hydrogen-bond donors (Lipinski definition) is 3. The van der Waals surface area contributed by atoms with Crippen LogP contribution in [0.25, 0.3) is 27.7 Å². The van der Waals surface area contributed by atoms with Gasteiger partial charge in [-0.05, 0) is 56.9 Å². The summed E-state index contributed by atoms with van der Waals surface area (Å²) in [6, 6.07) is 7.87. The van der Waals surface area contributed by atoms with Crippen LogP contribution in [0.1, 0.15) is 23.2 Å². The maximum absolute atomic E-state index is 13.7. The molecule has 2 unspecified atom stereocenters. The van der Waals surface area contributed by atoms with E-state index in [0.29, 0.717) is 34.5 Å². The van der Waals surface area contributed by atoms with Gasteiger partial charge in [-0.3, -0.25) is 14.0 Å². The molecule has 1 aromatic carbocycles. The van der Waals surface area contributed by atoms with E-state index in [-0.39, 0.29) is 22.9 Å². The number of pyridine rings is 1. The maximum Gasteiger partial charge on any atom is 0.259 e. The summed E-state index contributed by atoms with van der Waals surface area (Å²) in [4.78, 5) is 44.7. The van der Waals surface area contributed by atoms with Crippen molar-refractivity contribution in [3.05, 3.63) is 46.2 Å². The van der Waals surface area contributed by atoms with Gasteiger partial charge in [0.15, 0.2) is 5.65 Å². The van der Waals surface area contributed by atoms with Crippen LogP contribution in [-0.2, 0) is 0 Å². The van der Waals surface area contributed by atoms with Crippen LogP contribution in [0.2, 0.25) is 0 Å². The summed E-state index contributed by atoms with van der Waals surface area (Å²) in [7, 11) is 2.17. The van der Waals surface area contributed by atoms with Gasteiger partial charge < -0.3 is 25.4 Å². The van der Waals surface area contributed by atoms with Crippen LogP contribution in [0.3, 0.4) is 0 Å². The molecule has 10 heteroatoms. The number of likely N-dealkylation sites (tertiary alicyclic amines) is 1. The Hall–Kier alpha value is -3.50. The highest BCUT2D eigenvalue weighted by Gasteiger charge is 2.39. The van der Waals surface area contributed by atoms with Gasteiger partial charge >= 0.3 is 0 Å². The number of benzene rings is 1. The van der Waals surface area contributed by atoms with E-state index in [1.54, 1.807) is 6.20 Å². The Morgan fingerprint density at radius 1 is 1.08 bits per heavy atom. The van der Waals surface area contributed by atoms with E-state index in [0.717, 1.165) is 63.1 Å². The number of H-pyrrole nitrogens is 1. The number of imidazole rings is 1. The molecule has 3 N–H and O–H groups in total. The highest BCUT2D eigenvalue weighted by atomic mass is 16.2. The van der Waals surface area contributed by atoms with Crippen LogP contribution in [0.15, 0.2) is 35.3 Å². The molecule has 6 heterocycles. The molecule has 1 amide bonds. The van der Waals surface area contributed by atoms with Crippen molar-refractivity contribution in [1.29, 1.82) is 0 Å². The molecule has 7 rings (SSSR count). The van der Waals surface area contributed by atoms with E-state index in [4.69, 9.17) is 4.98 Å². The summed E-state index contributed by atoms with van der Waals surface area (Å²) >= 11 is 0. The van der Waals surface area contributed by atoms with Gasteiger partial charge in [-0.2, -0.15) is 4.98 Å². The van der Waals surface area contributed by atoms with Crippen molar-refractivity contribution in [3.63, 3.8) is 0 Å². The van der Waals surface area contributed by atoms with Gasteiger partial charge in [-0.25, -0.2) is 4.98 Å². The lowest BCUT2D eigenvalue weighted by Crippen LogP contribution is -2.44. The first kappa shape index (κ1) is 21.8. The Morgan fingerprint density at radius 3 is 2.61 bits per heavy atom. The van der Waals surface area contributed by atoms with Crippen molar-refractivity contribution in [2.24, 2.45) is 11.8 Å². The molecule has 36 heavy (non-hydrogen) atoms. The number of hydrogen-bond acceptors (Lipinski definition) is 7. The number of para-hydroxylation sites is 2. The lowest BCUT2D eigenvalue weighted by Gasteiger charge is -2.23. The molecule has 2 atom stereocenters. The largest absolute Gasteiger partial charge is 0.349 e. The van der Waals surface area contributed by atoms with Crippen molar-refractivity contribution in [3.8, 4) is 0 Å². The van der Waals surface area contributed by atoms with Gasteiger partial charge in [-0.15, -0.1) is 0 Å². The van der Waals surface area contributed by atoms with Crippen LogP contribution in [0.4, 0.5) is 5.95 Å². The molecular weight excluding hydrogens is 456 g/mol. The first-order chi connectivity index (χ1) is 17.6. The van der Waals surface area contributed by atoms with Crippen molar-refractivity contribution >= 4 is 39.6 Å². The molecule has 3 aliphatic heterocycles. The topological polar surface area (TPSA) is 111 Å². The zero-order chi connectivity index (χ0) is 24.4. The standard InChI is InChI=1S/C26H30N8O2/c1-32-11-15-13-33(14-16(15)12-32)26-28-10-18-22(35)21(25(36)29-17-6-8-27-9-7-17)24-30-19-4-2-3-5-20(19)34(24)23(18)31-26/h2-5,10,15-17,27,30H,6-9,11-14H2,1H3,(H,29,36). The van der Waals surface area contributed by atoms with Gasteiger partial charge in [0, 0.05) is 38.4 Å². The summed E-state index contributed by atoms with van der Waals surface area (Å²) in [5.74, 6) is 1.53. The van der Waals surface area contributed by atoms with Gasteiger partial charge in [0.2, 0.25) is 11.4 Å². The average molecular weight is 487 g/mol. The fraction of sp³-hybridized carbons (Fsp3) is 0.462. The smallest absolute Gasteiger partial charge is 0.259 e. The van der Waals surface area contributed by atoms with Crippen molar-refractivity contribution in [1.82, 2.24) is 34.9 Å². The Morgan fingerprint density at radius 2 is 1.83 bits per heavy atom. The number of anilines is 1. The number of rotatable bonds is 3. The number of nitrogens with zero attached hydrogens (tertiary/aromatic N) is 5. The van der Waals surface area contributed by atoms with Crippen molar-refractivity contribution in [2.45, 2.75) is 18.9 Å². The fourth-order valence-electron chi connectivity index (χ4n) is 6.39. The maximum atomic E-state index is 13.7. The van der Waals surface area contributed by atoms with E-state index in [9.17, 15) is 9.59 Å². The molecule has 10 nitrogen and oxygen atoms in total. The third-order valence-corrected chi connectivity index (χ3v) is 8.15. The second kappa shape index (κ2) is 8.28. The fourth-order valence-corrected chi connectivity index (χ4v) is 6.39. The first-order valence-corrected chi connectivity index (χ1v) is 12.8. The number of aromatic amines is 1. The van der Waals surface area contributed by atoms with Gasteiger partial charge in [0.1, 0.15) is 11.2 Å². The minimum Gasteiger partial charge on any atom is -0.349 e. The van der Waals surface area contributed by atoms with Crippen LogP contribution >= 0.6 is 0 Å². The lowest BCUT2D eigenvalue weighted by molar-refractivity contribution is 0.0930. The molecule has 3 fully saturated rings. The Kier molecular flexibility index (Phi) is 5.00. The number of carbonyl (C=O) groups is 1. The van der Waals surface area contributed by atoms with Crippen molar-refractivity contribution in [2.75, 3.05) is 51.2 Å². The zero-order valence-corrected chi connectivity index (χ0v) is 20.3. The summed E-state index contributed by atoms with van der Waals surface area (Å²) in [6.45, 7) is 5.74. The second-order valence-corrected chi connectivity index (χ2v) is 10.6. The molecule has 3 saturated heterocycles. The Balaban J connectivity index is 1.37. The van der Waals surface area contributed by atoms with E-state index >= 15 is 0 Å². The van der Waals surface area contributed by atoms with Crippen molar-refractivity contribution < 1.29 is 4.79 Å². The summed E-state index contributed by atoms with van der Waals surface area (Å²) in [6.07, 6.45) is 3.29. The average Bonchev–Trinajstić information content (AvgIpc) is 3.55. The molecule has 4 aromatic rings. The Bertz CT molecular complexity index is 1540. The number of nitrogens with one attached hydrogen (secondary N) is 3. The molecule has 0 spiro atoms. The van der Waals surface area contributed by atoms with Crippen LogP contribution < -0.4 is 21.0 Å². The predicted molar refractivity (Wildman–Crippen MR) is 139 cm³/mol. The molecule has 0 radical (unpaired) electrons. The Labute approximate surface area is 207 Å². The number of piperidine rings is 1. The summed E-state index contributed by atoms with van der Waals surface area (Å²) in [5.41, 5.74) is 2.51. The molecule has 3 aromatic heterocycles. The van der Waals surface area contributed by atoms with Crippen LogP contribution in [-0.4, -0.2) is 82.5 Å². The molecular formula is C26H30N8O2. The highest BCUT2D eigenvalue weighted by molar-refractivity contribution is 6.05. The quantitative estimate of drug-likeness (QED) is 0.399. The third kappa shape index (κ3) is 3.39. The SMILES string of the molecule is CN1CC2CN(c3ncc4c(=O)c(C(=O)NC5CCNCC5)c5[nH]c6ccccc6n5c4n3)CC2C1. The van der Waals surface area contributed by atoms with E-state index in [2.05, 4.69) is 37.4 Å². The molecule has 0 bridgehead atoms. The molecule has 0 saturated carbocycles. The normalized spacial score (nSPS) is 23.2. The van der Waals surface area contributed by atoms with Gasteiger partial charge in [0.25, 0.3) is 5.91 Å². The van der Waals surface area contributed by atoms with Crippen LogP contribution in [0, 0.1) is 11.8 Å². The zero-order valence-electron chi connectivity index (χ0n) is 20.3. The number of fused-ring (bicyclic) bond motifs is 6. The summed E-state index contributed by atoms with van der Waals surface area (Å²) < 4.78 is 1.92. The number of carbonyl (C=O) groups excluding carboxylic acids is 1. The molecule has 0 aliphatic carbocycles. The minimum absolute atomic E-state index is 0.0468. The van der Waals surface area contributed by atoms with E-state index in [1.807, 2.05) is 28.7 Å². The lowest BCUT2D eigenvalue weighted by atomic mass is 10.0. The third-order valence-electron chi connectivity index (χ3n) is 8.15. The minimum atomic E-state index is -0.349. The van der Waals surface area contributed by atoms with Gasteiger partial charge in [0.05, 0.1) is 16.4 Å². The highest BCUT2D eigenvalue weighted by Crippen LogP contribution is 2.32. The molecule has 3 aliphatic rings. The first-order valence-electron chi connectivity index (χ1n) is 12.8. The van der Waals surface area contributed by atoms with Gasteiger partial charge in [-0.1, -0.05) is 12.1 Å². The molecule has 186 valence electrons. The monoisotopic (exact) mass is 486 g/mol.